The minimum Gasteiger partial charge on any atom is -0.493 e. The molecule has 0 bridgehead atoms. The molecular weight excluding hydrogens is 432 g/mol. The first-order chi connectivity index (χ1) is 15.2. The van der Waals surface area contributed by atoms with Gasteiger partial charge in [-0.1, -0.05) is 11.6 Å². The third-order valence-corrected chi connectivity index (χ3v) is 5.40. The Morgan fingerprint density at radius 3 is 2.56 bits per heavy atom. The number of aliphatic hydroxyl groups is 2. The van der Waals surface area contributed by atoms with E-state index in [1.807, 2.05) is 32.2 Å². The van der Waals surface area contributed by atoms with Gasteiger partial charge in [0.1, 0.15) is 18.5 Å². The molecule has 0 aliphatic rings. The standard InChI is InChI=1S/C23H29ClN4O4/c1-13(2)28(4)22-9-15(6-14(3)25-22)19-10-20(27-26-19)16-7-18(24)23(21(8-16)31-5)32-12-17(30)11-29/h6-10,13,17,29-30H,11-12H2,1-5H3,(H,26,27)/t17-/m0/s1. The highest BCUT2D eigenvalue weighted by molar-refractivity contribution is 6.32. The summed E-state index contributed by atoms with van der Waals surface area (Å²) in [6.45, 7) is 5.69. The predicted octanol–water partition coefficient (Wildman–Crippen LogP) is 3.69. The molecule has 0 unspecified atom stereocenters. The van der Waals surface area contributed by atoms with Crippen LogP contribution in [0.2, 0.25) is 5.02 Å². The zero-order chi connectivity index (χ0) is 23.4. The molecule has 1 atom stereocenters. The minimum atomic E-state index is -1.01. The average Bonchev–Trinajstić information content (AvgIpc) is 3.26. The average molecular weight is 461 g/mol. The summed E-state index contributed by atoms with van der Waals surface area (Å²) in [6.07, 6.45) is -1.01. The fourth-order valence-electron chi connectivity index (χ4n) is 3.11. The Bertz CT molecular complexity index is 1070. The van der Waals surface area contributed by atoms with Crippen molar-refractivity contribution in [1.82, 2.24) is 15.2 Å². The highest BCUT2D eigenvalue weighted by Gasteiger charge is 2.17. The molecule has 0 saturated carbocycles. The molecule has 0 fully saturated rings. The molecule has 8 nitrogen and oxygen atoms in total. The lowest BCUT2D eigenvalue weighted by Crippen LogP contribution is -2.26. The molecule has 3 aromatic rings. The summed E-state index contributed by atoms with van der Waals surface area (Å²) >= 11 is 6.42. The molecule has 32 heavy (non-hydrogen) atoms. The maximum atomic E-state index is 9.54. The lowest BCUT2D eigenvalue weighted by atomic mass is 10.1. The summed E-state index contributed by atoms with van der Waals surface area (Å²) in [7, 11) is 3.53. The number of hydrogen-bond acceptors (Lipinski definition) is 7. The number of aryl methyl sites for hydroxylation is 1. The number of rotatable bonds is 9. The lowest BCUT2D eigenvalue weighted by Gasteiger charge is -2.23. The maximum absolute atomic E-state index is 9.54. The van der Waals surface area contributed by atoms with E-state index in [0.717, 1.165) is 34.0 Å². The Kier molecular flexibility index (Phi) is 7.60. The molecule has 0 amide bonds. The number of H-pyrrole nitrogens is 1. The van der Waals surface area contributed by atoms with Crippen LogP contribution in [0.15, 0.2) is 30.3 Å². The van der Waals surface area contributed by atoms with Crippen molar-refractivity contribution >= 4 is 17.4 Å². The SMILES string of the molecule is COc1cc(-c2cc(-c3cc(C)nc(N(C)C(C)C)c3)n[nH]2)cc(Cl)c1OC[C@@H](O)CO. The number of pyridine rings is 1. The largest absolute Gasteiger partial charge is 0.493 e. The van der Waals surface area contributed by atoms with E-state index in [1.165, 1.54) is 7.11 Å². The first kappa shape index (κ1) is 23.8. The second kappa shape index (κ2) is 10.2. The topological polar surface area (TPSA) is 104 Å². The van der Waals surface area contributed by atoms with Crippen LogP contribution in [0.1, 0.15) is 19.5 Å². The second-order valence-corrected chi connectivity index (χ2v) is 8.27. The van der Waals surface area contributed by atoms with Crippen LogP contribution < -0.4 is 14.4 Å². The van der Waals surface area contributed by atoms with Gasteiger partial charge in [-0.25, -0.2) is 4.98 Å². The quantitative estimate of drug-likeness (QED) is 0.447. The van der Waals surface area contributed by atoms with Crippen LogP contribution in [0.3, 0.4) is 0 Å². The van der Waals surface area contributed by atoms with E-state index < -0.39 is 12.7 Å². The van der Waals surface area contributed by atoms with E-state index in [4.69, 9.17) is 26.2 Å². The maximum Gasteiger partial charge on any atom is 0.179 e. The molecule has 0 spiro atoms. The number of nitrogens with one attached hydrogen (secondary N) is 1. The van der Waals surface area contributed by atoms with Crippen molar-refractivity contribution < 1.29 is 19.7 Å². The van der Waals surface area contributed by atoms with E-state index in [9.17, 15) is 5.11 Å². The van der Waals surface area contributed by atoms with Gasteiger partial charge in [-0.15, -0.1) is 0 Å². The van der Waals surface area contributed by atoms with Crippen molar-refractivity contribution in [1.29, 1.82) is 0 Å². The Morgan fingerprint density at radius 1 is 1.16 bits per heavy atom. The van der Waals surface area contributed by atoms with E-state index in [2.05, 4.69) is 33.9 Å². The molecule has 2 heterocycles. The summed E-state index contributed by atoms with van der Waals surface area (Å²) in [6, 6.07) is 9.78. The molecule has 0 saturated heterocycles. The normalized spacial score (nSPS) is 12.2. The number of ether oxygens (including phenoxy) is 2. The first-order valence-electron chi connectivity index (χ1n) is 10.3. The van der Waals surface area contributed by atoms with Gasteiger partial charge >= 0.3 is 0 Å². The summed E-state index contributed by atoms with van der Waals surface area (Å²) < 4.78 is 11.0. The number of halogens is 1. The van der Waals surface area contributed by atoms with Gasteiger partial charge in [-0.05, 0) is 51.1 Å². The molecule has 3 N–H and O–H groups in total. The van der Waals surface area contributed by atoms with Crippen LogP contribution in [0.4, 0.5) is 5.82 Å². The molecule has 0 aliphatic heterocycles. The molecule has 0 aliphatic carbocycles. The van der Waals surface area contributed by atoms with Crippen LogP contribution in [-0.4, -0.2) is 64.9 Å². The van der Waals surface area contributed by atoms with Crippen LogP contribution in [-0.2, 0) is 0 Å². The minimum absolute atomic E-state index is 0.102. The lowest BCUT2D eigenvalue weighted by molar-refractivity contribution is 0.0528. The van der Waals surface area contributed by atoms with Crippen LogP contribution in [0, 0.1) is 6.92 Å². The molecule has 172 valence electrons. The number of methoxy groups -OCH3 is 1. The summed E-state index contributed by atoms with van der Waals surface area (Å²) in [5.41, 5.74) is 4.18. The molecule has 3 rings (SSSR count). The number of nitrogens with zero attached hydrogens (tertiary/aromatic N) is 3. The van der Waals surface area contributed by atoms with Crippen molar-refractivity contribution in [3.8, 4) is 34.0 Å². The Balaban J connectivity index is 1.92. The van der Waals surface area contributed by atoms with Crippen LogP contribution in [0.25, 0.3) is 22.5 Å². The van der Waals surface area contributed by atoms with Gasteiger partial charge in [-0.3, -0.25) is 5.10 Å². The Hall–Kier alpha value is -2.81. The van der Waals surface area contributed by atoms with Crippen molar-refractivity contribution in [3.63, 3.8) is 0 Å². The van der Waals surface area contributed by atoms with Gasteiger partial charge < -0.3 is 24.6 Å². The van der Waals surface area contributed by atoms with E-state index >= 15 is 0 Å². The zero-order valence-corrected chi connectivity index (χ0v) is 19.6. The third-order valence-electron chi connectivity index (χ3n) is 5.12. The van der Waals surface area contributed by atoms with E-state index in [1.54, 1.807) is 12.1 Å². The molecular formula is C23H29ClN4O4. The summed E-state index contributed by atoms with van der Waals surface area (Å²) in [5, 5.41) is 26.4. The fraction of sp³-hybridized carbons (Fsp3) is 0.391. The Morgan fingerprint density at radius 2 is 1.91 bits per heavy atom. The van der Waals surface area contributed by atoms with Crippen molar-refractivity contribution in [2.75, 3.05) is 32.3 Å². The van der Waals surface area contributed by atoms with Crippen molar-refractivity contribution in [2.24, 2.45) is 0 Å². The smallest absolute Gasteiger partial charge is 0.179 e. The van der Waals surface area contributed by atoms with Gasteiger partial charge in [0.05, 0.1) is 30.1 Å². The van der Waals surface area contributed by atoms with E-state index in [-0.39, 0.29) is 6.61 Å². The summed E-state index contributed by atoms with van der Waals surface area (Å²) in [4.78, 5) is 6.74. The van der Waals surface area contributed by atoms with Gasteiger partial charge in [0, 0.05) is 29.9 Å². The van der Waals surface area contributed by atoms with Gasteiger partial charge in [0.2, 0.25) is 0 Å². The number of aromatic nitrogens is 3. The number of anilines is 1. The molecule has 1 aromatic carbocycles. The monoisotopic (exact) mass is 460 g/mol. The first-order valence-corrected chi connectivity index (χ1v) is 10.7. The zero-order valence-electron chi connectivity index (χ0n) is 18.9. The number of aliphatic hydroxyl groups excluding tert-OH is 2. The highest BCUT2D eigenvalue weighted by Crippen LogP contribution is 2.39. The van der Waals surface area contributed by atoms with E-state index in [0.29, 0.717) is 22.6 Å². The fourth-order valence-corrected chi connectivity index (χ4v) is 3.37. The van der Waals surface area contributed by atoms with Crippen LogP contribution >= 0.6 is 11.6 Å². The third kappa shape index (κ3) is 5.32. The summed E-state index contributed by atoms with van der Waals surface area (Å²) in [5.74, 6) is 1.60. The molecule has 2 aromatic heterocycles. The van der Waals surface area contributed by atoms with Crippen LogP contribution in [0.5, 0.6) is 11.5 Å². The number of hydrogen-bond donors (Lipinski definition) is 3. The second-order valence-electron chi connectivity index (χ2n) is 7.86. The molecule has 0 radical (unpaired) electrons. The predicted molar refractivity (Wildman–Crippen MR) is 126 cm³/mol. The molecule has 9 heteroatoms. The van der Waals surface area contributed by atoms with Crippen molar-refractivity contribution in [3.05, 3.63) is 41.0 Å². The number of aromatic amines is 1. The number of benzene rings is 1. The van der Waals surface area contributed by atoms with Gasteiger partial charge in [0.15, 0.2) is 11.5 Å². The highest BCUT2D eigenvalue weighted by atomic mass is 35.5. The van der Waals surface area contributed by atoms with Gasteiger partial charge in [-0.2, -0.15) is 5.10 Å². The Labute approximate surface area is 192 Å². The van der Waals surface area contributed by atoms with Crippen molar-refractivity contribution in [2.45, 2.75) is 32.9 Å². The van der Waals surface area contributed by atoms with Gasteiger partial charge in [0.25, 0.3) is 0 Å².